The average molecular weight is 278 g/mol. The van der Waals surface area contributed by atoms with Gasteiger partial charge in [-0.25, -0.2) is 9.59 Å². The lowest BCUT2D eigenvalue weighted by Gasteiger charge is -2.40. The van der Waals surface area contributed by atoms with Gasteiger partial charge in [0, 0.05) is 6.08 Å². The molecule has 1 rings (SSSR count). The molecule has 0 aromatic carbocycles. The third-order valence-corrected chi connectivity index (χ3v) is 2.72. The summed E-state index contributed by atoms with van der Waals surface area (Å²) in [5.41, 5.74) is -0.801. The molecule has 1 saturated heterocycles. The van der Waals surface area contributed by atoms with Gasteiger partial charge in [-0.1, -0.05) is 0 Å². The van der Waals surface area contributed by atoms with Crippen molar-refractivity contribution in [3.8, 4) is 0 Å². The summed E-state index contributed by atoms with van der Waals surface area (Å²) in [4.78, 5) is 21.5. The summed E-state index contributed by atoms with van der Waals surface area (Å²) in [6, 6.07) is 0. The van der Waals surface area contributed by atoms with Gasteiger partial charge >= 0.3 is 11.9 Å². The Morgan fingerprint density at radius 1 is 1.05 bits per heavy atom. The van der Waals surface area contributed by atoms with Crippen molar-refractivity contribution < 1.29 is 45.0 Å². The van der Waals surface area contributed by atoms with Crippen LogP contribution in [0.3, 0.4) is 0 Å². The van der Waals surface area contributed by atoms with E-state index in [2.05, 4.69) is 0 Å². The van der Waals surface area contributed by atoms with E-state index in [4.69, 9.17) is 20.1 Å². The number of carboxylic acids is 2. The lowest BCUT2D eigenvalue weighted by molar-refractivity contribution is -0.220. The van der Waals surface area contributed by atoms with Gasteiger partial charge in [-0.3, -0.25) is 0 Å². The molecule has 0 aliphatic carbocycles. The number of aliphatic hydroxyl groups is 4. The van der Waals surface area contributed by atoms with Crippen molar-refractivity contribution in [2.75, 3.05) is 6.61 Å². The maximum atomic E-state index is 10.9. The van der Waals surface area contributed by atoms with Crippen molar-refractivity contribution in [2.24, 2.45) is 0 Å². The highest BCUT2D eigenvalue weighted by Gasteiger charge is 2.46. The van der Waals surface area contributed by atoms with Crippen LogP contribution in [0.25, 0.3) is 0 Å². The summed E-state index contributed by atoms with van der Waals surface area (Å²) < 4.78 is 4.93. The molecule has 0 bridgehead atoms. The first kappa shape index (κ1) is 15.5. The molecule has 1 fully saturated rings. The number of carboxylic acid groups (broad SMARTS) is 2. The van der Waals surface area contributed by atoms with Gasteiger partial charge in [0.1, 0.15) is 30.5 Å². The van der Waals surface area contributed by atoms with Gasteiger partial charge in [0.15, 0.2) is 0 Å². The quantitative estimate of drug-likeness (QED) is 0.292. The van der Waals surface area contributed by atoms with Crippen LogP contribution in [0, 0.1) is 0 Å². The van der Waals surface area contributed by atoms with Crippen molar-refractivity contribution in [1.29, 1.82) is 0 Å². The van der Waals surface area contributed by atoms with E-state index in [1.807, 2.05) is 0 Å². The van der Waals surface area contributed by atoms with Crippen LogP contribution in [-0.4, -0.2) is 79.7 Å². The molecule has 1 aliphatic rings. The predicted molar refractivity (Wildman–Crippen MR) is 57.1 cm³/mol. The molecule has 5 atom stereocenters. The van der Waals surface area contributed by atoms with Crippen LogP contribution in [0.1, 0.15) is 0 Å². The first-order valence-corrected chi connectivity index (χ1v) is 5.28. The number of aliphatic carboxylic acids is 2. The predicted octanol–water partition coefficient (Wildman–Crippen LogP) is -3.08. The van der Waals surface area contributed by atoms with Crippen LogP contribution in [-0.2, 0) is 14.3 Å². The fraction of sp³-hybridized carbons (Fsp3) is 0.600. The average Bonchev–Trinajstić information content (AvgIpc) is 2.34. The van der Waals surface area contributed by atoms with E-state index < -0.39 is 54.6 Å². The highest BCUT2D eigenvalue weighted by atomic mass is 16.5. The summed E-state index contributed by atoms with van der Waals surface area (Å²) in [6.45, 7) is -0.735. The SMILES string of the molecule is O=C(O)/C=C(\C(=O)O)C1O[C@H](CO)[C@H](O)[C@H](O)[C@H]1O. The summed E-state index contributed by atoms with van der Waals surface area (Å²) in [7, 11) is 0. The van der Waals surface area contributed by atoms with Crippen molar-refractivity contribution in [1.82, 2.24) is 0 Å². The van der Waals surface area contributed by atoms with Crippen molar-refractivity contribution in [2.45, 2.75) is 30.5 Å². The number of aliphatic hydroxyl groups excluding tert-OH is 4. The summed E-state index contributed by atoms with van der Waals surface area (Å²) >= 11 is 0. The van der Waals surface area contributed by atoms with Crippen molar-refractivity contribution in [3.05, 3.63) is 11.6 Å². The standard InChI is InChI=1S/C10H14O9/c11-2-4-6(14)7(15)8(16)9(19-4)3(10(17)18)1-5(12)13/h1,4,6-9,11,14-16H,2H2,(H,12,13)(H,17,18)/b3-1-/t4-,6+,7+,8-,9?/m1/s1. The number of hydrogen-bond acceptors (Lipinski definition) is 7. The third kappa shape index (κ3) is 3.28. The van der Waals surface area contributed by atoms with Crippen LogP contribution < -0.4 is 0 Å². The fourth-order valence-corrected chi connectivity index (χ4v) is 1.76. The van der Waals surface area contributed by atoms with E-state index in [-0.39, 0.29) is 0 Å². The Morgan fingerprint density at radius 2 is 1.63 bits per heavy atom. The van der Waals surface area contributed by atoms with E-state index in [1.54, 1.807) is 0 Å². The molecule has 1 aliphatic heterocycles. The highest BCUT2D eigenvalue weighted by molar-refractivity contribution is 5.95. The second-order valence-corrected chi connectivity index (χ2v) is 3.99. The third-order valence-electron chi connectivity index (χ3n) is 2.72. The molecule has 108 valence electrons. The zero-order valence-corrected chi connectivity index (χ0v) is 9.58. The Balaban J connectivity index is 3.09. The normalized spacial score (nSPS) is 36.0. The van der Waals surface area contributed by atoms with Crippen LogP contribution in [0.15, 0.2) is 11.6 Å². The van der Waals surface area contributed by atoms with Gasteiger partial charge in [-0.15, -0.1) is 0 Å². The van der Waals surface area contributed by atoms with Crippen LogP contribution in [0.5, 0.6) is 0 Å². The van der Waals surface area contributed by atoms with E-state index in [9.17, 15) is 24.9 Å². The molecular formula is C10H14O9. The van der Waals surface area contributed by atoms with Gasteiger partial charge in [-0.2, -0.15) is 0 Å². The summed E-state index contributed by atoms with van der Waals surface area (Å²) in [6.07, 6.45) is -7.91. The highest BCUT2D eigenvalue weighted by Crippen LogP contribution is 2.25. The molecule has 0 aromatic rings. The van der Waals surface area contributed by atoms with Gasteiger partial charge in [0.05, 0.1) is 12.2 Å². The van der Waals surface area contributed by atoms with Crippen molar-refractivity contribution >= 4 is 11.9 Å². The Kier molecular flexibility index (Phi) is 4.97. The number of rotatable bonds is 4. The molecule has 6 N–H and O–H groups in total. The van der Waals surface area contributed by atoms with Gasteiger partial charge < -0.3 is 35.4 Å². The van der Waals surface area contributed by atoms with Crippen LogP contribution in [0.2, 0.25) is 0 Å². The topological polar surface area (TPSA) is 165 Å². The fourth-order valence-electron chi connectivity index (χ4n) is 1.76. The molecule has 0 radical (unpaired) electrons. The molecule has 0 amide bonds. The molecule has 1 unspecified atom stereocenters. The molecular weight excluding hydrogens is 264 g/mol. The Bertz CT molecular complexity index is 388. The molecule has 0 spiro atoms. The van der Waals surface area contributed by atoms with E-state index >= 15 is 0 Å². The Morgan fingerprint density at radius 3 is 2.05 bits per heavy atom. The summed E-state index contributed by atoms with van der Waals surface area (Å²) in [5.74, 6) is -3.24. The van der Waals surface area contributed by atoms with E-state index in [0.29, 0.717) is 6.08 Å². The Labute approximate surface area is 107 Å². The molecule has 0 saturated carbocycles. The molecule has 1 heterocycles. The zero-order chi connectivity index (χ0) is 14.7. The smallest absolute Gasteiger partial charge is 0.334 e. The van der Waals surface area contributed by atoms with Crippen molar-refractivity contribution in [3.63, 3.8) is 0 Å². The maximum absolute atomic E-state index is 10.9. The molecule has 0 aromatic heterocycles. The van der Waals surface area contributed by atoms with Gasteiger partial charge in [0.25, 0.3) is 0 Å². The first-order valence-electron chi connectivity index (χ1n) is 5.28. The van der Waals surface area contributed by atoms with Crippen LogP contribution in [0.4, 0.5) is 0 Å². The Hall–Kier alpha value is -1.52. The minimum Gasteiger partial charge on any atom is -0.478 e. The minimum atomic E-state index is -1.83. The molecule has 9 heteroatoms. The van der Waals surface area contributed by atoms with E-state index in [1.165, 1.54) is 0 Å². The lowest BCUT2D eigenvalue weighted by atomic mass is 9.91. The van der Waals surface area contributed by atoms with E-state index in [0.717, 1.165) is 0 Å². The number of ether oxygens (including phenoxy) is 1. The number of carbonyl (C=O) groups is 2. The monoisotopic (exact) mass is 278 g/mol. The van der Waals surface area contributed by atoms with Gasteiger partial charge in [0.2, 0.25) is 0 Å². The minimum absolute atomic E-state index is 0.315. The molecule has 19 heavy (non-hydrogen) atoms. The second kappa shape index (κ2) is 6.08. The maximum Gasteiger partial charge on any atom is 0.334 e. The molecule has 9 nitrogen and oxygen atoms in total. The zero-order valence-electron chi connectivity index (χ0n) is 9.58. The lowest BCUT2D eigenvalue weighted by Crippen LogP contribution is -2.59. The second-order valence-electron chi connectivity index (χ2n) is 3.99. The van der Waals surface area contributed by atoms with Crippen LogP contribution >= 0.6 is 0 Å². The number of hydrogen-bond donors (Lipinski definition) is 6. The largest absolute Gasteiger partial charge is 0.478 e. The van der Waals surface area contributed by atoms with Gasteiger partial charge in [-0.05, 0) is 0 Å². The summed E-state index contributed by atoms with van der Waals surface area (Å²) in [5, 5.41) is 55.0. The first-order chi connectivity index (χ1) is 8.79.